The molecule has 96 valence electrons. The first-order valence-corrected chi connectivity index (χ1v) is 6.62. The Morgan fingerprint density at radius 2 is 1.94 bits per heavy atom. The molecule has 2 heteroatoms. The highest BCUT2D eigenvalue weighted by Gasteiger charge is 2.06. The first-order valence-electron chi connectivity index (χ1n) is 6.62. The van der Waals surface area contributed by atoms with Crippen LogP contribution in [-0.4, -0.2) is 17.8 Å². The molecule has 0 aliphatic rings. The maximum absolute atomic E-state index is 9.65. The van der Waals surface area contributed by atoms with Crippen LogP contribution < -0.4 is 0 Å². The third-order valence-electron chi connectivity index (χ3n) is 2.90. The summed E-state index contributed by atoms with van der Waals surface area (Å²) in [4.78, 5) is 0. The van der Waals surface area contributed by atoms with E-state index in [-0.39, 0.29) is 6.10 Å². The molecule has 0 bridgehead atoms. The number of unbranched alkanes of at least 4 members (excludes halogenated alkanes) is 3. The van der Waals surface area contributed by atoms with Crippen molar-refractivity contribution in [3.8, 4) is 5.75 Å². The van der Waals surface area contributed by atoms with Gasteiger partial charge in [0, 0.05) is 13.0 Å². The fourth-order valence-electron chi connectivity index (χ4n) is 1.87. The molecule has 0 fully saturated rings. The molecule has 0 saturated heterocycles. The van der Waals surface area contributed by atoms with Crippen molar-refractivity contribution in [1.82, 2.24) is 0 Å². The van der Waals surface area contributed by atoms with E-state index in [4.69, 9.17) is 4.74 Å². The van der Waals surface area contributed by atoms with Gasteiger partial charge in [-0.2, -0.15) is 0 Å². The second-order valence-electron chi connectivity index (χ2n) is 4.57. The van der Waals surface area contributed by atoms with Crippen molar-refractivity contribution in [3.05, 3.63) is 29.8 Å². The summed E-state index contributed by atoms with van der Waals surface area (Å²) in [5.41, 5.74) is 0.966. The third kappa shape index (κ3) is 5.73. The van der Waals surface area contributed by atoms with Gasteiger partial charge >= 0.3 is 0 Å². The van der Waals surface area contributed by atoms with E-state index in [1.165, 1.54) is 19.3 Å². The molecule has 0 radical (unpaired) electrons. The van der Waals surface area contributed by atoms with Crippen LogP contribution in [0.4, 0.5) is 0 Å². The van der Waals surface area contributed by atoms with Crippen LogP contribution in [0, 0.1) is 0 Å². The van der Waals surface area contributed by atoms with Gasteiger partial charge in [0.1, 0.15) is 5.75 Å². The Labute approximate surface area is 105 Å². The van der Waals surface area contributed by atoms with E-state index in [9.17, 15) is 5.11 Å². The molecule has 0 aliphatic carbocycles. The lowest BCUT2D eigenvalue weighted by Gasteiger charge is -2.13. The molecule has 1 aromatic carbocycles. The van der Waals surface area contributed by atoms with Crippen molar-refractivity contribution in [2.45, 2.75) is 52.1 Å². The Hall–Kier alpha value is -1.02. The van der Waals surface area contributed by atoms with E-state index in [1.807, 2.05) is 18.2 Å². The van der Waals surface area contributed by atoms with Gasteiger partial charge in [-0.25, -0.2) is 0 Å². The van der Waals surface area contributed by atoms with Gasteiger partial charge in [-0.1, -0.05) is 44.4 Å². The summed E-state index contributed by atoms with van der Waals surface area (Å²) in [5.74, 6) is 0.369. The summed E-state index contributed by atoms with van der Waals surface area (Å²) in [6, 6.07) is 7.47. The van der Waals surface area contributed by atoms with Crippen LogP contribution in [0.3, 0.4) is 0 Å². The van der Waals surface area contributed by atoms with Gasteiger partial charge in [-0.3, -0.25) is 0 Å². The molecular formula is C15H24O2. The lowest BCUT2D eigenvalue weighted by atomic mass is 10.1. The van der Waals surface area contributed by atoms with Gasteiger partial charge in [-0.15, -0.1) is 0 Å². The van der Waals surface area contributed by atoms with Crippen LogP contribution >= 0.6 is 0 Å². The number of hydrogen-bond acceptors (Lipinski definition) is 2. The molecule has 0 heterocycles. The Morgan fingerprint density at radius 3 is 2.65 bits per heavy atom. The largest absolute Gasteiger partial charge is 0.508 e. The first kappa shape index (κ1) is 14.0. The van der Waals surface area contributed by atoms with E-state index >= 15 is 0 Å². The quantitative estimate of drug-likeness (QED) is 0.693. The minimum atomic E-state index is 0.171. The fourth-order valence-corrected chi connectivity index (χ4v) is 1.87. The molecule has 0 aromatic heterocycles. The minimum Gasteiger partial charge on any atom is -0.508 e. The maximum atomic E-state index is 9.65. The van der Waals surface area contributed by atoms with Crippen molar-refractivity contribution >= 4 is 0 Å². The second-order valence-corrected chi connectivity index (χ2v) is 4.57. The van der Waals surface area contributed by atoms with Crippen LogP contribution in [0.5, 0.6) is 5.75 Å². The highest BCUT2D eigenvalue weighted by molar-refractivity contribution is 5.32. The Bertz CT molecular complexity index is 310. The monoisotopic (exact) mass is 236 g/mol. The highest BCUT2D eigenvalue weighted by Crippen LogP contribution is 2.18. The van der Waals surface area contributed by atoms with E-state index in [1.54, 1.807) is 6.07 Å². The third-order valence-corrected chi connectivity index (χ3v) is 2.90. The SMILES string of the molecule is CCCCCCOC(C)Cc1ccccc1O. The van der Waals surface area contributed by atoms with Gasteiger partial charge in [0.2, 0.25) is 0 Å². The normalized spacial score (nSPS) is 12.6. The molecule has 1 unspecified atom stereocenters. The smallest absolute Gasteiger partial charge is 0.118 e. The lowest BCUT2D eigenvalue weighted by molar-refractivity contribution is 0.0631. The van der Waals surface area contributed by atoms with E-state index in [0.29, 0.717) is 5.75 Å². The Kier molecular flexibility index (Phi) is 6.71. The van der Waals surface area contributed by atoms with Crippen molar-refractivity contribution in [3.63, 3.8) is 0 Å². The van der Waals surface area contributed by atoms with E-state index in [2.05, 4.69) is 13.8 Å². The van der Waals surface area contributed by atoms with Gasteiger partial charge in [0.05, 0.1) is 6.10 Å². The maximum Gasteiger partial charge on any atom is 0.118 e. The molecule has 0 spiro atoms. The molecular weight excluding hydrogens is 212 g/mol. The summed E-state index contributed by atoms with van der Waals surface area (Å²) in [6.07, 6.45) is 5.88. The number of phenols is 1. The standard InChI is InChI=1S/C15H24O2/c1-3-4-5-8-11-17-13(2)12-14-9-6-7-10-15(14)16/h6-7,9-10,13,16H,3-5,8,11-12H2,1-2H3. The molecule has 1 aromatic rings. The summed E-state index contributed by atoms with van der Waals surface area (Å²) >= 11 is 0. The van der Waals surface area contributed by atoms with Crippen LogP contribution in [0.1, 0.15) is 45.1 Å². The molecule has 2 nitrogen and oxygen atoms in total. The molecule has 17 heavy (non-hydrogen) atoms. The Morgan fingerprint density at radius 1 is 1.18 bits per heavy atom. The van der Waals surface area contributed by atoms with Crippen molar-refractivity contribution in [2.24, 2.45) is 0 Å². The molecule has 1 atom stereocenters. The van der Waals surface area contributed by atoms with Gasteiger partial charge in [0.25, 0.3) is 0 Å². The predicted molar refractivity (Wildman–Crippen MR) is 71.4 cm³/mol. The number of benzene rings is 1. The van der Waals surface area contributed by atoms with E-state index in [0.717, 1.165) is 25.0 Å². The van der Waals surface area contributed by atoms with Crippen LogP contribution in [0.15, 0.2) is 24.3 Å². The molecule has 1 rings (SSSR count). The van der Waals surface area contributed by atoms with Crippen molar-refractivity contribution < 1.29 is 9.84 Å². The molecule has 0 amide bonds. The number of hydrogen-bond donors (Lipinski definition) is 1. The summed E-state index contributed by atoms with van der Waals surface area (Å²) in [7, 11) is 0. The predicted octanol–water partition coefficient (Wildman–Crippen LogP) is 3.92. The zero-order chi connectivity index (χ0) is 12.5. The fraction of sp³-hybridized carbons (Fsp3) is 0.600. The first-order chi connectivity index (χ1) is 8.24. The van der Waals surface area contributed by atoms with Crippen LogP contribution in [-0.2, 0) is 11.2 Å². The summed E-state index contributed by atoms with van der Waals surface area (Å²) in [6.45, 7) is 5.10. The summed E-state index contributed by atoms with van der Waals surface area (Å²) < 4.78 is 5.74. The average Bonchev–Trinajstić information content (AvgIpc) is 2.32. The van der Waals surface area contributed by atoms with E-state index < -0.39 is 0 Å². The molecule has 0 saturated carbocycles. The van der Waals surface area contributed by atoms with Crippen molar-refractivity contribution in [2.75, 3.05) is 6.61 Å². The summed E-state index contributed by atoms with van der Waals surface area (Å²) in [5, 5.41) is 9.65. The topological polar surface area (TPSA) is 29.5 Å². The number of para-hydroxylation sites is 1. The Balaban J connectivity index is 2.21. The van der Waals surface area contributed by atoms with Crippen molar-refractivity contribution in [1.29, 1.82) is 0 Å². The zero-order valence-electron chi connectivity index (χ0n) is 11.0. The van der Waals surface area contributed by atoms with Crippen LogP contribution in [0.25, 0.3) is 0 Å². The molecule has 1 N–H and O–H groups in total. The highest BCUT2D eigenvalue weighted by atomic mass is 16.5. The molecule has 0 aliphatic heterocycles. The second kappa shape index (κ2) is 8.13. The van der Waals surface area contributed by atoms with Gasteiger partial charge in [0.15, 0.2) is 0 Å². The number of rotatable bonds is 8. The zero-order valence-corrected chi connectivity index (χ0v) is 11.0. The van der Waals surface area contributed by atoms with Gasteiger partial charge in [-0.05, 0) is 25.0 Å². The van der Waals surface area contributed by atoms with Crippen LogP contribution in [0.2, 0.25) is 0 Å². The number of aromatic hydroxyl groups is 1. The average molecular weight is 236 g/mol. The number of phenolic OH excluding ortho intramolecular Hbond substituents is 1. The number of ether oxygens (including phenoxy) is 1. The lowest BCUT2D eigenvalue weighted by Crippen LogP contribution is -2.12. The van der Waals surface area contributed by atoms with Gasteiger partial charge < -0.3 is 9.84 Å². The minimum absolute atomic E-state index is 0.171.